The second-order valence-corrected chi connectivity index (χ2v) is 4.81. The van der Waals surface area contributed by atoms with Crippen LogP contribution in [0.25, 0.3) is 0 Å². The van der Waals surface area contributed by atoms with Gasteiger partial charge in [0.25, 0.3) is 5.56 Å². The first-order valence-electron chi connectivity index (χ1n) is 5.32. The summed E-state index contributed by atoms with van der Waals surface area (Å²) in [6.45, 7) is 0. The molecule has 0 spiro atoms. The molecule has 2 rings (SSSR count). The molecule has 2 heterocycles. The molecule has 0 aliphatic carbocycles. The number of rotatable bonds is 3. The number of hydrogen-bond acceptors (Lipinski definition) is 5. The molecule has 0 saturated carbocycles. The molecule has 100 valence electrons. The number of H-pyrrole nitrogens is 1. The van der Waals surface area contributed by atoms with E-state index in [1.54, 1.807) is 0 Å². The van der Waals surface area contributed by atoms with E-state index in [0.29, 0.717) is 4.43 Å². The van der Waals surface area contributed by atoms with E-state index in [-0.39, 0.29) is 0 Å². The molecule has 1 aromatic heterocycles. The highest BCUT2D eigenvalue weighted by atomic mass is 127. The summed E-state index contributed by atoms with van der Waals surface area (Å²) in [5.41, 5.74) is -1.06. The number of methoxy groups -OCH3 is 1. The molecule has 0 amide bonds. The van der Waals surface area contributed by atoms with E-state index in [4.69, 9.17) is 9.47 Å². The van der Waals surface area contributed by atoms with E-state index in [1.807, 2.05) is 0 Å². The monoisotopic (exact) mass is 368 g/mol. The third-order valence-electron chi connectivity index (χ3n) is 2.86. The van der Waals surface area contributed by atoms with Crippen LogP contribution in [0.15, 0.2) is 21.9 Å². The number of ether oxygens (including phenoxy) is 2. The Morgan fingerprint density at radius 3 is 2.89 bits per heavy atom. The molecule has 0 radical (unpaired) electrons. The first-order valence-corrected chi connectivity index (χ1v) is 6.84. The summed E-state index contributed by atoms with van der Waals surface area (Å²) in [6.07, 6.45) is -1.27. The lowest BCUT2D eigenvalue weighted by Gasteiger charge is -2.19. The average molecular weight is 368 g/mol. The Kier molecular flexibility index (Phi) is 4.20. The number of hydrogen-bond donors (Lipinski definition) is 2. The first kappa shape index (κ1) is 13.7. The molecule has 4 unspecified atom stereocenters. The van der Waals surface area contributed by atoms with Crippen molar-refractivity contribution < 1.29 is 14.6 Å². The maximum Gasteiger partial charge on any atom is 0.330 e. The highest BCUT2D eigenvalue weighted by molar-refractivity contribution is 14.1. The second-order valence-electron chi connectivity index (χ2n) is 3.93. The summed E-state index contributed by atoms with van der Waals surface area (Å²) in [6, 6.07) is 1.22. The van der Waals surface area contributed by atoms with Gasteiger partial charge in [-0.05, 0) is 0 Å². The van der Waals surface area contributed by atoms with Gasteiger partial charge in [0.15, 0.2) is 6.23 Å². The molecule has 2 N–H and O–H groups in total. The molecule has 7 nitrogen and oxygen atoms in total. The van der Waals surface area contributed by atoms with Crippen LogP contribution >= 0.6 is 22.6 Å². The quantitative estimate of drug-likeness (QED) is 0.541. The molecule has 8 heteroatoms. The summed E-state index contributed by atoms with van der Waals surface area (Å²) in [5.74, 6) is 0. The normalized spacial score (nSPS) is 31.7. The van der Waals surface area contributed by atoms with Gasteiger partial charge in [-0.15, -0.1) is 0 Å². The van der Waals surface area contributed by atoms with Crippen molar-refractivity contribution in [2.24, 2.45) is 0 Å². The Labute approximate surface area is 116 Å². The molecule has 1 fully saturated rings. The van der Waals surface area contributed by atoms with E-state index in [9.17, 15) is 14.7 Å². The molecule has 4 atom stereocenters. The number of aromatic nitrogens is 2. The highest BCUT2D eigenvalue weighted by Crippen LogP contribution is 2.31. The minimum atomic E-state index is -0.810. The molecular formula is C10H13IN2O5. The molecule has 1 aliphatic heterocycles. The molecule has 18 heavy (non-hydrogen) atoms. The zero-order valence-electron chi connectivity index (χ0n) is 9.58. The Morgan fingerprint density at radius 2 is 2.33 bits per heavy atom. The van der Waals surface area contributed by atoms with Crippen LogP contribution < -0.4 is 11.2 Å². The number of alkyl halides is 1. The number of nitrogens with zero attached hydrogens (tertiary/aromatic N) is 1. The van der Waals surface area contributed by atoms with Gasteiger partial charge in [0.1, 0.15) is 12.2 Å². The van der Waals surface area contributed by atoms with E-state index in [0.717, 1.165) is 0 Å². The Hall–Kier alpha value is -0.710. The Morgan fingerprint density at radius 1 is 1.61 bits per heavy atom. The minimum absolute atomic E-state index is 0.403. The lowest BCUT2D eigenvalue weighted by Crippen LogP contribution is -2.38. The maximum atomic E-state index is 11.7. The van der Waals surface area contributed by atoms with Gasteiger partial charge in [0.05, 0.1) is 6.10 Å². The zero-order chi connectivity index (χ0) is 13.3. The van der Waals surface area contributed by atoms with Crippen LogP contribution in [0.1, 0.15) is 6.23 Å². The Balaban J connectivity index is 2.38. The van der Waals surface area contributed by atoms with Crippen LogP contribution in [0.4, 0.5) is 0 Å². The zero-order valence-corrected chi connectivity index (χ0v) is 11.7. The first-order chi connectivity index (χ1) is 8.58. The molecule has 0 bridgehead atoms. The minimum Gasteiger partial charge on any atom is -0.387 e. The van der Waals surface area contributed by atoms with Crippen molar-refractivity contribution in [2.45, 2.75) is 24.5 Å². The molecule has 1 saturated heterocycles. The van der Waals surface area contributed by atoms with Crippen LogP contribution in [0.5, 0.6) is 0 Å². The van der Waals surface area contributed by atoms with Crippen molar-refractivity contribution in [1.29, 1.82) is 0 Å². The highest BCUT2D eigenvalue weighted by Gasteiger charge is 2.44. The molecule has 1 aliphatic rings. The van der Waals surface area contributed by atoms with Gasteiger partial charge in [0.2, 0.25) is 0 Å². The lowest BCUT2D eigenvalue weighted by molar-refractivity contribution is -0.0509. The summed E-state index contributed by atoms with van der Waals surface area (Å²) in [5, 5.41) is 9.98. The maximum absolute atomic E-state index is 11.7. The SMILES string of the molecule is COC1C(O)C(CI)OC1n1ccc(=O)[nH]c1=O. The summed E-state index contributed by atoms with van der Waals surface area (Å²) < 4.78 is 12.6. The average Bonchev–Trinajstić information content (AvgIpc) is 2.65. The third kappa shape index (κ3) is 2.37. The topological polar surface area (TPSA) is 93.5 Å². The van der Waals surface area contributed by atoms with Gasteiger partial charge in [-0.25, -0.2) is 4.79 Å². The van der Waals surface area contributed by atoms with Crippen LogP contribution in [-0.2, 0) is 9.47 Å². The lowest BCUT2D eigenvalue weighted by atomic mass is 10.1. The van der Waals surface area contributed by atoms with Crippen molar-refractivity contribution in [3.8, 4) is 0 Å². The third-order valence-corrected chi connectivity index (χ3v) is 3.73. The number of aliphatic hydroxyl groups excluding tert-OH is 1. The summed E-state index contributed by atoms with van der Waals surface area (Å²) in [4.78, 5) is 24.8. The standard InChI is InChI=1S/C10H13IN2O5/c1-17-8-7(15)5(4-11)18-9(8)13-3-2-6(14)12-10(13)16/h2-3,5,7-9,15H,4H2,1H3,(H,12,14,16). The fraction of sp³-hybridized carbons (Fsp3) is 0.600. The fourth-order valence-corrected chi connectivity index (χ4v) is 2.68. The van der Waals surface area contributed by atoms with Crippen molar-refractivity contribution in [3.05, 3.63) is 33.1 Å². The smallest absolute Gasteiger partial charge is 0.330 e. The molecule has 0 aromatic carbocycles. The van der Waals surface area contributed by atoms with Gasteiger partial charge in [0, 0.05) is 23.8 Å². The Bertz CT molecular complexity index is 527. The van der Waals surface area contributed by atoms with Crippen molar-refractivity contribution in [2.75, 3.05) is 11.5 Å². The fourth-order valence-electron chi connectivity index (χ4n) is 1.95. The van der Waals surface area contributed by atoms with E-state index in [2.05, 4.69) is 27.6 Å². The van der Waals surface area contributed by atoms with Crippen molar-refractivity contribution >= 4 is 22.6 Å². The van der Waals surface area contributed by atoms with E-state index in [1.165, 1.54) is 23.9 Å². The van der Waals surface area contributed by atoms with Gasteiger partial charge >= 0.3 is 5.69 Å². The van der Waals surface area contributed by atoms with Crippen LogP contribution in [0.3, 0.4) is 0 Å². The number of aromatic amines is 1. The predicted octanol–water partition coefficient (Wildman–Crippen LogP) is -0.755. The predicted molar refractivity (Wildman–Crippen MR) is 70.9 cm³/mol. The number of nitrogens with one attached hydrogen (secondary N) is 1. The van der Waals surface area contributed by atoms with Gasteiger partial charge in [-0.2, -0.15) is 0 Å². The van der Waals surface area contributed by atoms with Crippen LogP contribution in [0, 0.1) is 0 Å². The molecular weight excluding hydrogens is 355 g/mol. The molecule has 1 aromatic rings. The van der Waals surface area contributed by atoms with E-state index < -0.39 is 35.8 Å². The largest absolute Gasteiger partial charge is 0.387 e. The summed E-state index contributed by atoms with van der Waals surface area (Å²) in [7, 11) is 1.44. The van der Waals surface area contributed by atoms with Gasteiger partial charge in [-0.1, -0.05) is 22.6 Å². The van der Waals surface area contributed by atoms with Crippen LogP contribution in [0.2, 0.25) is 0 Å². The van der Waals surface area contributed by atoms with Crippen LogP contribution in [-0.4, -0.2) is 44.5 Å². The van der Waals surface area contributed by atoms with Gasteiger partial charge < -0.3 is 14.6 Å². The van der Waals surface area contributed by atoms with E-state index >= 15 is 0 Å². The number of aliphatic hydroxyl groups is 1. The van der Waals surface area contributed by atoms with Crippen molar-refractivity contribution in [1.82, 2.24) is 9.55 Å². The number of halogens is 1. The van der Waals surface area contributed by atoms with Crippen molar-refractivity contribution in [3.63, 3.8) is 0 Å². The van der Waals surface area contributed by atoms with Gasteiger partial charge in [-0.3, -0.25) is 14.3 Å². The summed E-state index contributed by atoms with van der Waals surface area (Å²) >= 11 is 2.09. The second kappa shape index (κ2) is 5.51.